The summed E-state index contributed by atoms with van der Waals surface area (Å²) in [6.07, 6.45) is 2.65. The van der Waals surface area contributed by atoms with Gasteiger partial charge in [0.05, 0.1) is 28.8 Å². The number of ketones is 1. The van der Waals surface area contributed by atoms with Crippen LogP contribution in [0, 0.1) is 18.2 Å². The molecule has 0 radical (unpaired) electrons. The highest BCUT2D eigenvalue weighted by molar-refractivity contribution is 7.92. The van der Waals surface area contributed by atoms with Gasteiger partial charge in [0.2, 0.25) is 21.3 Å². The van der Waals surface area contributed by atoms with E-state index in [0.717, 1.165) is 12.1 Å². The lowest BCUT2D eigenvalue weighted by atomic mass is 10.0. The van der Waals surface area contributed by atoms with Crippen molar-refractivity contribution in [2.75, 3.05) is 10.5 Å². The van der Waals surface area contributed by atoms with Crippen LogP contribution in [0.5, 0.6) is 0 Å². The number of H-pyrrole nitrogens is 1. The number of rotatable bonds is 6. The summed E-state index contributed by atoms with van der Waals surface area (Å²) < 4.78 is 54.9. The van der Waals surface area contributed by atoms with E-state index in [1.54, 1.807) is 6.92 Å². The third-order valence-electron chi connectivity index (χ3n) is 3.78. The molecule has 0 atom stereocenters. The molecule has 0 spiro atoms. The molecule has 0 saturated heterocycles. The van der Waals surface area contributed by atoms with Crippen LogP contribution >= 0.6 is 0 Å². The second kappa shape index (κ2) is 7.32. The summed E-state index contributed by atoms with van der Waals surface area (Å²) in [5.74, 6) is -3.92. The second-order valence-electron chi connectivity index (χ2n) is 5.77. The van der Waals surface area contributed by atoms with Gasteiger partial charge in [-0.25, -0.2) is 22.2 Å². The Labute approximate surface area is 158 Å². The first-order chi connectivity index (χ1) is 13.3. The number of sulfonamides is 1. The van der Waals surface area contributed by atoms with E-state index in [1.165, 1.54) is 12.4 Å². The maximum atomic E-state index is 14.8. The van der Waals surface area contributed by atoms with E-state index in [1.807, 2.05) is 4.72 Å². The van der Waals surface area contributed by atoms with E-state index in [2.05, 4.69) is 19.8 Å². The minimum absolute atomic E-state index is 0.0192. The van der Waals surface area contributed by atoms with E-state index in [0.29, 0.717) is 6.42 Å². The van der Waals surface area contributed by atoms with Gasteiger partial charge in [0.1, 0.15) is 5.82 Å². The number of hydrogen-bond acceptors (Lipinski definition) is 5. The average Bonchev–Trinajstić information content (AvgIpc) is 3.07. The highest BCUT2D eigenvalue weighted by Gasteiger charge is 2.27. The first-order valence-electron chi connectivity index (χ1n) is 8.02. The maximum absolute atomic E-state index is 14.8. The van der Waals surface area contributed by atoms with E-state index < -0.39 is 38.7 Å². The van der Waals surface area contributed by atoms with Crippen molar-refractivity contribution in [3.05, 3.63) is 58.7 Å². The Morgan fingerprint density at radius 2 is 2.11 bits per heavy atom. The molecule has 3 aromatic rings. The highest BCUT2D eigenvalue weighted by Crippen LogP contribution is 2.27. The van der Waals surface area contributed by atoms with Gasteiger partial charge in [-0.3, -0.25) is 9.52 Å². The smallest absolute Gasteiger partial charge is 0.288 e. The third kappa shape index (κ3) is 3.54. The fourth-order valence-corrected chi connectivity index (χ4v) is 3.70. The maximum Gasteiger partial charge on any atom is 0.288 e. The molecule has 0 aliphatic rings. The molecular formula is C17H13F2N5O3S. The summed E-state index contributed by atoms with van der Waals surface area (Å²) in [7, 11) is -3.85. The van der Waals surface area contributed by atoms with Gasteiger partial charge >= 0.3 is 0 Å². The molecule has 0 amide bonds. The molecule has 0 saturated carbocycles. The second-order valence-corrected chi connectivity index (χ2v) is 7.62. The number of anilines is 1. The van der Waals surface area contributed by atoms with Crippen LogP contribution in [0.4, 0.5) is 20.3 Å². The van der Waals surface area contributed by atoms with Crippen molar-refractivity contribution in [2.24, 2.45) is 0 Å². The molecule has 11 heteroatoms. The Balaban J connectivity index is 2.10. The summed E-state index contributed by atoms with van der Waals surface area (Å²) in [4.78, 5) is 26.4. The molecular weight excluding hydrogens is 392 g/mol. The van der Waals surface area contributed by atoms with E-state index in [4.69, 9.17) is 6.57 Å². The Morgan fingerprint density at radius 3 is 2.79 bits per heavy atom. The number of halogens is 2. The predicted molar refractivity (Wildman–Crippen MR) is 97.6 cm³/mol. The zero-order chi connectivity index (χ0) is 20.5. The molecule has 0 unspecified atom stereocenters. The lowest BCUT2D eigenvalue weighted by Crippen LogP contribution is -2.18. The van der Waals surface area contributed by atoms with E-state index >= 15 is 0 Å². The van der Waals surface area contributed by atoms with Crippen LogP contribution in [0.15, 0.2) is 24.5 Å². The largest absolute Gasteiger partial charge is 0.359 e. The Kier molecular flexibility index (Phi) is 5.06. The van der Waals surface area contributed by atoms with Crippen molar-refractivity contribution in [1.29, 1.82) is 0 Å². The molecule has 0 fully saturated rings. The molecule has 8 nitrogen and oxygen atoms in total. The van der Waals surface area contributed by atoms with Crippen molar-refractivity contribution >= 4 is 38.5 Å². The number of nitrogens with one attached hydrogen (secondary N) is 2. The van der Waals surface area contributed by atoms with Gasteiger partial charge in [0.25, 0.3) is 5.82 Å². The highest BCUT2D eigenvalue weighted by atomic mass is 32.2. The number of hydrogen-bond donors (Lipinski definition) is 2. The van der Waals surface area contributed by atoms with Gasteiger partial charge in [-0.1, -0.05) is 13.5 Å². The number of benzene rings is 1. The van der Waals surface area contributed by atoms with Gasteiger partial charge < -0.3 is 9.83 Å². The van der Waals surface area contributed by atoms with Gasteiger partial charge in [0, 0.05) is 6.20 Å². The molecule has 0 aliphatic heterocycles. The number of carbonyl (C=O) groups is 1. The zero-order valence-corrected chi connectivity index (χ0v) is 15.3. The standard InChI is InChI=1S/C17H13F2N5O3S/c1-3-6-28(26,27)24-11-5-4-10(18)13(14(11)19)16(25)9-7-21-17-15(9)23-12(20-2)8-22-17/h4-5,7-8,24H,3,6H2,1H3,(H,21,22). The van der Waals surface area contributed by atoms with Crippen molar-refractivity contribution in [3.8, 4) is 0 Å². The summed E-state index contributed by atoms with van der Waals surface area (Å²) in [6, 6.07) is 1.70. The Morgan fingerprint density at radius 1 is 1.36 bits per heavy atom. The summed E-state index contributed by atoms with van der Waals surface area (Å²) in [6.45, 7) is 8.60. The molecule has 1 aromatic carbocycles. The minimum atomic E-state index is -3.85. The van der Waals surface area contributed by atoms with E-state index in [9.17, 15) is 22.0 Å². The van der Waals surface area contributed by atoms with Crippen LogP contribution in [-0.2, 0) is 10.0 Å². The summed E-state index contributed by atoms with van der Waals surface area (Å²) in [5, 5.41) is 0. The summed E-state index contributed by atoms with van der Waals surface area (Å²) in [5.41, 5.74) is -1.52. The molecule has 3 rings (SSSR count). The van der Waals surface area contributed by atoms with Crippen molar-refractivity contribution < 1.29 is 22.0 Å². The monoisotopic (exact) mass is 405 g/mol. The normalized spacial score (nSPS) is 11.4. The Bertz CT molecular complexity index is 1230. The predicted octanol–water partition coefficient (Wildman–Crippen LogP) is 3.17. The van der Waals surface area contributed by atoms with Crippen LogP contribution in [0.3, 0.4) is 0 Å². The van der Waals surface area contributed by atoms with Gasteiger partial charge in [-0.15, -0.1) is 4.98 Å². The first kappa shape index (κ1) is 19.4. The minimum Gasteiger partial charge on any atom is -0.359 e. The van der Waals surface area contributed by atoms with Crippen LogP contribution in [0.1, 0.15) is 29.3 Å². The quantitative estimate of drug-likeness (QED) is 0.484. The van der Waals surface area contributed by atoms with Crippen LogP contribution in [0.2, 0.25) is 0 Å². The average molecular weight is 405 g/mol. The van der Waals surface area contributed by atoms with Crippen LogP contribution < -0.4 is 4.72 Å². The lowest BCUT2D eigenvalue weighted by molar-refractivity contribution is 0.103. The van der Waals surface area contributed by atoms with Crippen molar-refractivity contribution in [3.63, 3.8) is 0 Å². The molecule has 2 aromatic heterocycles. The van der Waals surface area contributed by atoms with Crippen molar-refractivity contribution in [1.82, 2.24) is 15.0 Å². The first-order valence-corrected chi connectivity index (χ1v) is 9.67. The SMILES string of the molecule is [C-]#[N+]c1cnc2[nH]cc(C(=O)c3c(F)ccc(NS(=O)(=O)CCC)c3F)c2n1. The molecule has 2 N–H and O–H groups in total. The molecule has 0 aliphatic carbocycles. The molecule has 144 valence electrons. The fourth-order valence-electron chi connectivity index (χ4n) is 2.57. The topological polar surface area (TPSA) is 109 Å². The third-order valence-corrected chi connectivity index (χ3v) is 5.26. The van der Waals surface area contributed by atoms with Gasteiger partial charge in [-0.2, -0.15) is 0 Å². The number of nitrogens with zero attached hydrogens (tertiary/aromatic N) is 3. The lowest BCUT2D eigenvalue weighted by Gasteiger charge is -2.11. The zero-order valence-electron chi connectivity index (χ0n) is 14.5. The van der Waals surface area contributed by atoms with Gasteiger partial charge in [-0.05, 0) is 18.6 Å². The van der Waals surface area contributed by atoms with Crippen molar-refractivity contribution in [2.45, 2.75) is 13.3 Å². The number of aromatic amines is 1. The molecule has 0 bridgehead atoms. The molecule has 2 heterocycles. The summed E-state index contributed by atoms with van der Waals surface area (Å²) >= 11 is 0. The van der Waals surface area contributed by atoms with Crippen LogP contribution in [-0.4, -0.2) is 34.9 Å². The Hall–Kier alpha value is -3.39. The fraction of sp³-hybridized carbons (Fsp3) is 0.176. The van der Waals surface area contributed by atoms with Gasteiger partial charge in [0.15, 0.2) is 11.5 Å². The van der Waals surface area contributed by atoms with E-state index in [-0.39, 0.29) is 28.3 Å². The van der Waals surface area contributed by atoms with Crippen LogP contribution in [0.25, 0.3) is 16.0 Å². The number of fused-ring (bicyclic) bond motifs is 1. The number of carbonyl (C=O) groups excluding carboxylic acids is 1. The molecule has 28 heavy (non-hydrogen) atoms. The number of aromatic nitrogens is 3.